The van der Waals surface area contributed by atoms with Crippen LogP contribution in [0.1, 0.15) is 33.6 Å². The Labute approximate surface area is 200 Å². The fourth-order valence-corrected chi connectivity index (χ4v) is 3.93. The van der Waals surface area contributed by atoms with Crippen LogP contribution in [0.2, 0.25) is 0 Å². The lowest BCUT2D eigenvalue weighted by atomic mass is 9.96. The molecule has 0 spiro atoms. The lowest BCUT2D eigenvalue weighted by Crippen LogP contribution is -1.93. The van der Waals surface area contributed by atoms with E-state index in [0.717, 1.165) is 44.8 Å². The molecule has 4 aromatic carbocycles. The first-order valence-corrected chi connectivity index (χ1v) is 11.3. The van der Waals surface area contributed by atoms with Crippen molar-refractivity contribution in [2.45, 2.75) is 0 Å². The summed E-state index contributed by atoms with van der Waals surface area (Å²) in [7, 11) is 0. The van der Waals surface area contributed by atoms with Crippen molar-refractivity contribution >= 4 is 23.3 Å². The summed E-state index contributed by atoms with van der Waals surface area (Å²) in [5.74, 6) is 0. The molecule has 0 bridgehead atoms. The molecule has 0 aliphatic rings. The number of hydrogen-bond acceptors (Lipinski definition) is 2. The van der Waals surface area contributed by atoms with Crippen LogP contribution in [-0.4, -0.2) is 9.97 Å². The smallest absolute Gasteiger partial charge is 0.0819 e. The van der Waals surface area contributed by atoms with Crippen LogP contribution in [0, 0.1) is 0 Å². The molecule has 162 valence electrons. The molecule has 0 radical (unpaired) electrons. The van der Waals surface area contributed by atoms with E-state index in [1.807, 2.05) is 36.7 Å². The third-order valence-corrected chi connectivity index (χ3v) is 5.62. The van der Waals surface area contributed by atoms with Crippen molar-refractivity contribution in [1.82, 2.24) is 9.97 Å². The zero-order valence-corrected chi connectivity index (χ0v) is 18.8. The van der Waals surface area contributed by atoms with E-state index in [2.05, 4.69) is 109 Å². The molecule has 0 amide bonds. The van der Waals surface area contributed by atoms with Crippen LogP contribution in [0.3, 0.4) is 0 Å². The minimum atomic E-state index is 0.820. The maximum Gasteiger partial charge on any atom is 0.0819 e. The quantitative estimate of drug-likeness (QED) is 0.273. The van der Waals surface area contributed by atoms with E-state index in [9.17, 15) is 0 Å². The van der Waals surface area contributed by atoms with Crippen molar-refractivity contribution < 1.29 is 0 Å². The first-order valence-electron chi connectivity index (χ1n) is 11.3. The molecule has 1 heterocycles. The van der Waals surface area contributed by atoms with E-state index in [0.29, 0.717) is 0 Å². The second-order valence-electron chi connectivity index (χ2n) is 7.95. The van der Waals surface area contributed by atoms with Gasteiger partial charge in [0, 0.05) is 0 Å². The van der Waals surface area contributed by atoms with Crippen molar-refractivity contribution in [3.8, 4) is 0 Å². The second-order valence-corrected chi connectivity index (χ2v) is 7.95. The largest absolute Gasteiger partial charge is 0.253 e. The second kappa shape index (κ2) is 10.4. The van der Waals surface area contributed by atoms with Crippen molar-refractivity contribution in [3.05, 3.63) is 167 Å². The van der Waals surface area contributed by atoms with E-state index in [-0.39, 0.29) is 0 Å². The summed E-state index contributed by atoms with van der Waals surface area (Å²) in [6, 6.07) is 41.5. The average Bonchev–Trinajstić information content (AvgIpc) is 2.93. The Kier molecular flexibility index (Phi) is 6.50. The maximum atomic E-state index is 4.73. The van der Waals surface area contributed by atoms with E-state index < -0.39 is 0 Å². The summed E-state index contributed by atoms with van der Waals surface area (Å²) in [6.45, 7) is 0. The Morgan fingerprint density at radius 1 is 0.382 bits per heavy atom. The average molecular weight is 437 g/mol. The summed E-state index contributed by atoms with van der Waals surface area (Å²) in [6.07, 6.45) is 7.87. The number of benzene rings is 4. The predicted octanol–water partition coefficient (Wildman–Crippen LogP) is 7.65. The zero-order valence-electron chi connectivity index (χ0n) is 18.8. The van der Waals surface area contributed by atoms with Gasteiger partial charge < -0.3 is 0 Å². The molecule has 0 atom stereocenters. The fourth-order valence-electron chi connectivity index (χ4n) is 3.93. The molecule has 5 aromatic rings. The highest BCUT2D eigenvalue weighted by Crippen LogP contribution is 2.27. The predicted molar refractivity (Wildman–Crippen MR) is 142 cm³/mol. The normalized spacial score (nSPS) is 10.4. The van der Waals surface area contributed by atoms with Crippen molar-refractivity contribution in [2.24, 2.45) is 0 Å². The van der Waals surface area contributed by atoms with Gasteiger partial charge in [-0.25, -0.2) is 0 Å². The lowest BCUT2D eigenvalue weighted by Gasteiger charge is -2.09. The number of hydrogen-bond donors (Lipinski definition) is 0. The van der Waals surface area contributed by atoms with Gasteiger partial charge >= 0.3 is 0 Å². The zero-order chi connectivity index (χ0) is 23.0. The van der Waals surface area contributed by atoms with Crippen LogP contribution in [0.15, 0.2) is 134 Å². The molecule has 0 unspecified atom stereocenters. The Balaban J connectivity index is 1.52. The lowest BCUT2D eigenvalue weighted by molar-refractivity contribution is 1.16. The van der Waals surface area contributed by atoms with Gasteiger partial charge in [-0.15, -0.1) is 0 Å². The first-order chi connectivity index (χ1) is 16.9. The van der Waals surface area contributed by atoms with Crippen LogP contribution >= 0.6 is 0 Å². The highest BCUT2D eigenvalue weighted by molar-refractivity contribution is 5.92. The first kappa shape index (κ1) is 21.3. The van der Waals surface area contributed by atoms with Gasteiger partial charge in [0.15, 0.2) is 0 Å². The summed E-state index contributed by atoms with van der Waals surface area (Å²) in [4.78, 5) is 9.45. The molecule has 5 rings (SSSR count). The van der Waals surface area contributed by atoms with Crippen molar-refractivity contribution in [1.29, 1.82) is 0 Å². The van der Waals surface area contributed by atoms with Gasteiger partial charge in [-0.3, -0.25) is 9.97 Å². The molecule has 2 heteroatoms. The highest BCUT2D eigenvalue weighted by atomic mass is 14.8. The molecular formula is C32H24N2. The summed E-state index contributed by atoms with van der Waals surface area (Å²) < 4.78 is 0. The Bertz CT molecular complexity index is 1190. The molecule has 34 heavy (non-hydrogen) atoms. The molecule has 0 fully saturated rings. The van der Waals surface area contributed by atoms with Crippen LogP contribution in [0.5, 0.6) is 0 Å². The third-order valence-electron chi connectivity index (χ3n) is 5.62. The van der Waals surface area contributed by atoms with Crippen molar-refractivity contribution in [3.63, 3.8) is 0 Å². The van der Waals surface area contributed by atoms with E-state index >= 15 is 0 Å². The molecule has 1 aromatic heterocycles. The Morgan fingerprint density at radius 2 is 0.647 bits per heavy atom. The molecule has 2 nitrogen and oxygen atoms in total. The topological polar surface area (TPSA) is 25.8 Å². The Morgan fingerprint density at radius 3 is 0.882 bits per heavy atom. The minimum Gasteiger partial charge on any atom is -0.253 e. The number of aromatic nitrogens is 2. The summed E-state index contributed by atoms with van der Waals surface area (Å²) >= 11 is 0. The Hall–Kier alpha value is -4.56. The SMILES string of the molecule is C(=C(c1ccccc1)c1ccccc1)c1cnc(C=C(c2ccccc2)c2ccccc2)cn1. The van der Waals surface area contributed by atoms with E-state index in [1.54, 1.807) is 0 Å². The molecule has 0 saturated heterocycles. The molecular weight excluding hydrogens is 412 g/mol. The number of rotatable bonds is 6. The third kappa shape index (κ3) is 5.08. The van der Waals surface area contributed by atoms with Gasteiger partial charge in [-0.05, 0) is 45.6 Å². The number of nitrogens with zero attached hydrogens (tertiary/aromatic N) is 2. The highest BCUT2D eigenvalue weighted by Gasteiger charge is 2.07. The van der Waals surface area contributed by atoms with Crippen LogP contribution in [0.4, 0.5) is 0 Å². The van der Waals surface area contributed by atoms with Gasteiger partial charge in [0.25, 0.3) is 0 Å². The van der Waals surface area contributed by atoms with E-state index in [4.69, 9.17) is 9.97 Å². The van der Waals surface area contributed by atoms with Crippen molar-refractivity contribution in [2.75, 3.05) is 0 Å². The minimum absolute atomic E-state index is 0.820. The summed E-state index contributed by atoms with van der Waals surface area (Å²) in [5.41, 5.74) is 8.47. The van der Waals surface area contributed by atoms with Crippen LogP contribution in [0.25, 0.3) is 23.3 Å². The maximum absolute atomic E-state index is 4.73. The molecule has 0 saturated carbocycles. The van der Waals surface area contributed by atoms with Gasteiger partial charge in [0.2, 0.25) is 0 Å². The van der Waals surface area contributed by atoms with E-state index in [1.165, 1.54) is 0 Å². The summed E-state index contributed by atoms with van der Waals surface area (Å²) in [5, 5.41) is 0. The van der Waals surface area contributed by atoms with Crippen LogP contribution < -0.4 is 0 Å². The van der Waals surface area contributed by atoms with Gasteiger partial charge in [0.05, 0.1) is 23.8 Å². The van der Waals surface area contributed by atoms with Gasteiger partial charge in [-0.1, -0.05) is 121 Å². The fraction of sp³-hybridized carbons (Fsp3) is 0. The molecule has 0 aliphatic carbocycles. The monoisotopic (exact) mass is 436 g/mol. The van der Waals surface area contributed by atoms with Crippen LogP contribution in [-0.2, 0) is 0 Å². The van der Waals surface area contributed by atoms with Gasteiger partial charge in [0.1, 0.15) is 0 Å². The molecule has 0 N–H and O–H groups in total. The standard InChI is InChI=1S/C32H24N2/c1-5-13-25(14-6-1)31(26-15-7-2-8-16-26)21-29-23-34-30(24-33-29)22-32(27-17-9-3-10-18-27)28-19-11-4-12-20-28/h1-24H. The molecule has 0 aliphatic heterocycles. The van der Waals surface area contributed by atoms with Gasteiger partial charge in [-0.2, -0.15) is 0 Å².